The van der Waals surface area contributed by atoms with Gasteiger partial charge in [-0.3, -0.25) is 0 Å². The Morgan fingerprint density at radius 3 is 2.08 bits per heavy atom. The summed E-state index contributed by atoms with van der Waals surface area (Å²) in [5, 5.41) is 36.3. The van der Waals surface area contributed by atoms with Gasteiger partial charge in [0.1, 0.15) is 17.8 Å². The fourth-order valence-electron chi connectivity index (χ4n) is 1.33. The SMILES string of the molecule is C[C@@]1(O)[C@H](O)[C@H](O)C(F)(F)C[C@@H]1O. The normalized spacial score (nSPS) is 50.5. The van der Waals surface area contributed by atoms with Gasteiger partial charge in [-0.25, -0.2) is 8.78 Å². The van der Waals surface area contributed by atoms with Crippen LogP contribution in [0.15, 0.2) is 0 Å². The van der Waals surface area contributed by atoms with E-state index in [2.05, 4.69) is 0 Å². The average Bonchev–Trinajstić information content (AvgIpc) is 1.98. The molecule has 1 saturated carbocycles. The second-order valence-corrected chi connectivity index (χ2v) is 3.60. The smallest absolute Gasteiger partial charge is 0.278 e. The average molecular weight is 198 g/mol. The van der Waals surface area contributed by atoms with E-state index in [0.29, 0.717) is 0 Å². The highest BCUT2D eigenvalue weighted by atomic mass is 19.3. The Labute approximate surface area is 73.4 Å². The Kier molecular flexibility index (Phi) is 2.36. The predicted molar refractivity (Wildman–Crippen MR) is 38.2 cm³/mol. The maximum atomic E-state index is 12.8. The molecule has 1 fully saturated rings. The lowest BCUT2D eigenvalue weighted by molar-refractivity contribution is -0.269. The minimum atomic E-state index is -3.57. The maximum absolute atomic E-state index is 12.8. The van der Waals surface area contributed by atoms with E-state index >= 15 is 0 Å². The first-order valence-electron chi connectivity index (χ1n) is 3.84. The highest BCUT2D eigenvalue weighted by Gasteiger charge is 2.58. The van der Waals surface area contributed by atoms with Gasteiger partial charge in [0.15, 0.2) is 0 Å². The second kappa shape index (κ2) is 2.84. The summed E-state index contributed by atoms with van der Waals surface area (Å²) in [5.74, 6) is -3.57. The number of aliphatic hydroxyl groups excluding tert-OH is 3. The molecule has 0 aromatic heterocycles. The van der Waals surface area contributed by atoms with Crippen LogP contribution < -0.4 is 0 Å². The van der Waals surface area contributed by atoms with Crippen molar-refractivity contribution in [3.05, 3.63) is 0 Å². The quantitative estimate of drug-likeness (QED) is 0.396. The largest absolute Gasteiger partial charge is 0.390 e. The van der Waals surface area contributed by atoms with Gasteiger partial charge < -0.3 is 20.4 Å². The summed E-state index contributed by atoms with van der Waals surface area (Å²) in [5.41, 5.74) is -2.10. The lowest BCUT2D eigenvalue weighted by Gasteiger charge is -2.44. The number of halogens is 2. The summed E-state index contributed by atoms with van der Waals surface area (Å²) in [6.45, 7) is 1.00. The molecule has 0 aromatic rings. The van der Waals surface area contributed by atoms with E-state index in [9.17, 15) is 13.9 Å². The number of rotatable bonds is 0. The van der Waals surface area contributed by atoms with Crippen LogP contribution in [-0.2, 0) is 0 Å². The summed E-state index contributed by atoms with van der Waals surface area (Å²) in [6, 6.07) is 0. The monoisotopic (exact) mass is 198 g/mol. The number of aliphatic hydroxyl groups is 4. The van der Waals surface area contributed by atoms with Crippen LogP contribution in [0.4, 0.5) is 8.78 Å². The molecule has 0 heterocycles. The molecule has 1 aliphatic rings. The van der Waals surface area contributed by atoms with Crippen LogP contribution in [0.2, 0.25) is 0 Å². The first-order chi connectivity index (χ1) is 5.69. The van der Waals surface area contributed by atoms with Crippen LogP contribution in [0, 0.1) is 0 Å². The molecule has 0 amide bonds. The molecule has 0 aromatic carbocycles. The van der Waals surface area contributed by atoms with Crippen molar-refractivity contribution in [2.75, 3.05) is 0 Å². The summed E-state index contributed by atoms with van der Waals surface area (Å²) < 4.78 is 25.5. The molecular formula is C7H12F2O4. The molecular weight excluding hydrogens is 186 g/mol. The highest BCUT2D eigenvalue weighted by molar-refractivity contribution is 5.04. The Morgan fingerprint density at radius 2 is 1.62 bits per heavy atom. The molecule has 0 radical (unpaired) electrons. The van der Waals surface area contributed by atoms with Crippen molar-refractivity contribution in [3.8, 4) is 0 Å². The van der Waals surface area contributed by atoms with Gasteiger partial charge in [0, 0.05) is 6.42 Å². The van der Waals surface area contributed by atoms with Crippen molar-refractivity contribution in [1.82, 2.24) is 0 Å². The Hall–Kier alpha value is -0.300. The van der Waals surface area contributed by atoms with E-state index in [0.717, 1.165) is 6.92 Å². The third kappa shape index (κ3) is 1.54. The molecule has 13 heavy (non-hydrogen) atoms. The van der Waals surface area contributed by atoms with E-state index in [1.165, 1.54) is 0 Å². The van der Waals surface area contributed by atoms with Gasteiger partial charge in [0.05, 0.1) is 6.10 Å². The Balaban J connectivity index is 2.93. The molecule has 78 valence electrons. The maximum Gasteiger partial charge on any atom is 0.278 e. The van der Waals surface area contributed by atoms with Crippen LogP contribution in [-0.4, -0.2) is 50.3 Å². The van der Waals surface area contributed by atoms with Crippen LogP contribution in [0.3, 0.4) is 0 Å². The van der Waals surface area contributed by atoms with Gasteiger partial charge in [0.2, 0.25) is 0 Å². The van der Waals surface area contributed by atoms with Crippen LogP contribution >= 0.6 is 0 Å². The highest BCUT2D eigenvalue weighted by Crippen LogP contribution is 2.38. The van der Waals surface area contributed by atoms with Crippen LogP contribution in [0.1, 0.15) is 13.3 Å². The second-order valence-electron chi connectivity index (χ2n) is 3.60. The molecule has 4 atom stereocenters. The zero-order valence-electron chi connectivity index (χ0n) is 6.98. The van der Waals surface area contributed by atoms with E-state index in [1.807, 2.05) is 0 Å². The topological polar surface area (TPSA) is 80.9 Å². The minimum absolute atomic E-state index is 1.00. The van der Waals surface area contributed by atoms with Crippen molar-refractivity contribution in [2.45, 2.75) is 43.2 Å². The summed E-state index contributed by atoms with van der Waals surface area (Å²) in [7, 11) is 0. The summed E-state index contributed by atoms with van der Waals surface area (Å²) in [4.78, 5) is 0. The fourth-order valence-corrected chi connectivity index (χ4v) is 1.33. The Bertz CT molecular complexity index is 207. The summed E-state index contributed by atoms with van der Waals surface area (Å²) >= 11 is 0. The van der Waals surface area contributed by atoms with Crippen LogP contribution in [0.5, 0.6) is 0 Å². The molecule has 4 nitrogen and oxygen atoms in total. The first-order valence-corrected chi connectivity index (χ1v) is 3.84. The van der Waals surface area contributed by atoms with Gasteiger partial charge in [-0.15, -0.1) is 0 Å². The van der Waals surface area contributed by atoms with Crippen molar-refractivity contribution in [1.29, 1.82) is 0 Å². The van der Waals surface area contributed by atoms with Crippen molar-refractivity contribution in [2.24, 2.45) is 0 Å². The zero-order chi connectivity index (χ0) is 10.4. The van der Waals surface area contributed by atoms with E-state index in [-0.39, 0.29) is 0 Å². The lowest BCUT2D eigenvalue weighted by atomic mass is 9.77. The van der Waals surface area contributed by atoms with Crippen molar-refractivity contribution < 1.29 is 29.2 Å². The number of hydrogen-bond donors (Lipinski definition) is 4. The molecule has 0 unspecified atom stereocenters. The minimum Gasteiger partial charge on any atom is -0.390 e. The molecule has 0 bridgehead atoms. The predicted octanol–water partition coefficient (Wildman–Crippen LogP) is -1.14. The molecule has 0 aliphatic heterocycles. The van der Waals surface area contributed by atoms with Gasteiger partial charge in [-0.1, -0.05) is 0 Å². The lowest BCUT2D eigenvalue weighted by Crippen LogP contribution is -2.65. The van der Waals surface area contributed by atoms with Gasteiger partial charge in [-0.2, -0.15) is 0 Å². The van der Waals surface area contributed by atoms with Crippen LogP contribution in [0.25, 0.3) is 0 Å². The number of alkyl halides is 2. The zero-order valence-corrected chi connectivity index (χ0v) is 6.98. The summed E-state index contributed by atoms with van der Waals surface area (Å²) in [6.07, 6.45) is -7.20. The van der Waals surface area contributed by atoms with Crippen molar-refractivity contribution in [3.63, 3.8) is 0 Å². The first kappa shape index (κ1) is 10.8. The van der Waals surface area contributed by atoms with Gasteiger partial charge in [-0.05, 0) is 6.92 Å². The van der Waals surface area contributed by atoms with E-state index in [1.54, 1.807) is 0 Å². The molecule has 1 aliphatic carbocycles. The van der Waals surface area contributed by atoms with E-state index in [4.69, 9.17) is 15.3 Å². The third-order valence-electron chi connectivity index (χ3n) is 2.47. The van der Waals surface area contributed by atoms with Gasteiger partial charge in [0.25, 0.3) is 5.92 Å². The van der Waals surface area contributed by atoms with Gasteiger partial charge >= 0.3 is 0 Å². The molecule has 0 spiro atoms. The molecule has 4 N–H and O–H groups in total. The standard InChI is InChI=1S/C7H12F2O4/c1-6(13)3(10)2-7(8,9)5(12)4(6)11/h3-5,10-13H,2H2,1H3/t3-,4+,5-,6-/m0/s1. The molecule has 1 rings (SSSR count). The van der Waals surface area contributed by atoms with E-state index < -0.39 is 36.3 Å². The number of hydrogen-bond acceptors (Lipinski definition) is 4. The fraction of sp³-hybridized carbons (Fsp3) is 1.00. The van der Waals surface area contributed by atoms with Crippen molar-refractivity contribution >= 4 is 0 Å². The third-order valence-corrected chi connectivity index (χ3v) is 2.47. The Morgan fingerprint density at radius 1 is 1.15 bits per heavy atom. The molecule has 0 saturated heterocycles. The molecule has 6 heteroatoms.